The molecule has 1 N–H and O–H groups in total. The molecule has 0 bridgehead atoms. The minimum atomic E-state index is -0.429. The SMILES string of the molecule is CCCNc1ncc(C)c(-c2ccc(F)c(Cl)c2)n1. The molecule has 1 aromatic carbocycles. The minimum Gasteiger partial charge on any atom is -0.354 e. The summed E-state index contributed by atoms with van der Waals surface area (Å²) in [6.07, 6.45) is 2.74. The number of aryl methyl sites for hydroxylation is 1. The van der Waals surface area contributed by atoms with Crippen LogP contribution in [0.15, 0.2) is 24.4 Å². The van der Waals surface area contributed by atoms with Crippen LogP contribution in [0.5, 0.6) is 0 Å². The quantitative estimate of drug-likeness (QED) is 0.917. The van der Waals surface area contributed by atoms with E-state index in [0.717, 1.165) is 29.8 Å². The third-order valence-corrected chi connectivity index (χ3v) is 2.99. The van der Waals surface area contributed by atoms with E-state index in [2.05, 4.69) is 22.2 Å². The van der Waals surface area contributed by atoms with Gasteiger partial charge in [-0.05, 0) is 37.1 Å². The van der Waals surface area contributed by atoms with Crippen LogP contribution in [0.4, 0.5) is 10.3 Å². The zero-order valence-electron chi connectivity index (χ0n) is 10.9. The summed E-state index contributed by atoms with van der Waals surface area (Å²) in [4.78, 5) is 8.66. The monoisotopic (exact) mass is 279 g/mol. The molecule has 0 radical (unpaired) electrons. The van der Waals surface area contributed by atoms with Crippen molar-refractivity contribution in [2.45, 2.75) is 20.3 Å². The average Bonchev–Trinajstić information content (AvgIpc) is 2.41. The highest BCUT2D eigenvalue weighted by Crippen LogP contribution is 2.26. The summed E-state index contributed by atoms with van der Waals surface area (Å²) in [5.41, 5.74) is 2.46. The van der Waals surface area contributed by atoms with Gasteiger partial charge in [-0.25, -0.2) is 14.4 Å². The highest BCUT2D eigenvalue weighted by Gasteiger charge is 2.09. The Bertz CT molecular complexity index is 587. The van der Waals surface area contributed by atoms with E-state index in [1.165, 1.54) is 6.07 Å². The Morgan fingerprint density at radius 1 is 1.37 bits per heavy atom. The lowest BCUT2D eigenvalue weighted by molar-refractivity contribution is 0.628. The molecule has 2 rings (SSSR count). The van der Waals surface area contributed by atoms with Crippen molar-refractivity contribution in [1.82, 2.24) is 9.97 Å². The largest absolute Gasteiger partial charge is 0.354 e. The predicted octanol–water partition coefficient (Wildman–Crippen LogP) is 4.07. The molecule has 19 heavy (non-hydrogen) atoms. The molecule has 5 heteroatoms. The summed E-state index contributed by atoms with van der Waals surface area (Å²) in [6, 6.07) is 4.59. The van der Waals surface area contributed by atoms with Crippen LogP contribution in [0.2, 0.25) is 5.02 Å². The van der Waals surface area contributed by atoms with Crippen LogP contribution in [0.25, 0.3) is 11.3 Å². The van der Waals surface area contributed by atoms with Crippen molar-refractivity contribution < 1.29 is 4.39 Å². The minimum absolute atomic E-state index is 0.0959. The fraction of sp³-hybridized carbons (Fsp3) is 0.286. The lowest BCUT2D eigenvalue weighted by Crippen LogP contribution is -2.05. The van der Waals surface area contributed by atoms with E-state index < -0.39 is 5.82 Å². The zero-order chi connectivity index (χ0) is 13.8. The van der Waals surface area contributed by atoms with Crippen molar-refractivity contribution in [2.75, 3.05) is 11.9 Å². The summed E-state index contributed by atoms with van der Waals surface area (Å²) >= 11 is 5.81. The molecule has 3 nitrogen and oxygen atoms in total. The lowest BCUT2D eigenvalue weighted by atomic mass is 10.1. The molecule has 0 saturated carbocycles. The van der Waals surface area contributed by atoms with Gasteiger partial charge in [-0.15, -0.1) is 0 Å². The molecule has 0 atom stereocenters. The highest BCUT2D eigenvalue weighted by molar-refractivity contribution is 6.31. The van der Waals surface area contributed by atoms with E-state index in [1.807, 2.05) is 6.92 Å². The second-order valence-corrected chi connectivity index (χ2v) is 4.69. The van der Waals surface area contributed by atoms with Gasteiger partial charge in [0.1, 0.15) is 5.82 Å². The number of benzene rings is 1. The summed E-state index contributed by atoms with van der Waals surface area (Å²) in [6.45, 7) is 4.80. The number of hydrogen-bond donors (Lipinski definition) is 1. The van der Waals surface area contributed by atoms with Gasteiger partial charge in [-0.2, -0.15) is 0 Å². The van der Waals surface area contributed by atoms with Gasteiger partial charge in [0.05, 0.1) is 10.7 Å². The van der Waals surface area contributed by atoms with Crippen molar-refractivity contribution in [2.24, 2.45) is 0 Å². The van der Waals surface area contributed by atoms with Gasteiger partial charge >= 0.3 is 0 Å². The Labute approximate surface area is 116 Å². The summed E-state index contributed by atoms with van der Waals surface area (Å²) < 4.78 is 13.2. The number of aromatic nitrogens is 2. The molecule has 0 saturated heterocycles. The number of halogens is 2. The van der Waals surface area contributed by atoms with Crippen molar-refractivity contribution in [3.8, 4) is 11.3 Å². The molecule has 1 aromatic heterocycles. The molecule has 0 aliphatic carbocycles. The van der Waals surface area contributed by atoms with E-state index in [4.69, 9.17) is 11.6 Å². The van der Waals surface area contributed by atoms with Crippen LogP contribution in [0.3, 0.4) is 0 Å². The molecule has 2 aromatic rings. The number of nitrogens with zero attached hydrogens (tertiary/aromatic N) is 2. The predicted molar refractivity (Wildman–Crippen MR) is 76.0 cm³/mol. The van der Waals surface area contributed by atoms with Crippen molar-refractivity contribution in [3.05, 3.63) is 40.8 Å². The Kier molecular flexibility index (Phi) is 4.32. The van der Waals surface area contributed by atoms with E-state index in [0.29, 0.717) is 5.95 Å². The van der Waals surface area contributed by atoms with Gasteiger partial charge < -0.3 is 5.32 Å². The molecule has 0 aliphatic heterocycles. The van der Waals surface area contributed by atoms with E-state index in [1.54, 1.807) is 18.3 Å². The molecule has 0 spiro atoms. The smallest absolute Gasteiger partial charge is 0.223 e. The number of anilines is 1. The fourth-order valence-electron chi connectivity index (χ4n) is 1.70. The second-order valence-electron chi connectivity index (χ2n) is 4.28. The summed E-state index contributed by atoms with van der Waals surface area (Å²) in [5.74, 6) is 0.143. The normalized spacial score (nSPS) is 10.5. The molecular formula is C14H15ClFN3. The molecular weight excluding hydrogens is 265 g/mol. The molecule has 100 valence electrons. The van der Waals surface area contributed by atoms with Gasteiger partial charge in [0.25, 0.3) is 0 Å². The first kappa shape index (κ1) is 13.7. The van der Waals surface area contributed by atoms with Gasteiger partial charge in [-0.3, -0.25) is 0 Å². The Hall–Kier alpha value is -1.68. The Morgan fingerprint density at radius 2 is 2.16 bits per heavy atom. The maximum Gasteiger partial charge on any atom is 0.223 e. The van der Waals surface area contributed by atoms with Crippen molar-refractivity contribution in [3.63, 3.8) is 0 Å². The van der Waals surface area contributed by atoms with Crippen LogP contribution >= 0.6 is 11.6 Å². The van der Waals surface area contributed by atoms with Crippen LogP contribution in [-0.2, 0) is 0 Å². The highest BCUT2D eigenvalue weighted by atomic mass is 35.5. The lowest BCUT2D eigenvalue weighted by Gasteiger charge is -2.09. The van der Waals surface area contributed by atoms with Gasteiger partial charge in [0.2, 0.25) is 5.95 Å². The zero-order valence-corrected chi connectivity index (χ0v) is 11.6. The first-order chi connectivity index (χ1) is 9.11. The molecule has 0 unspecified atom stereocenters. The third-order valence-electron chi connectivity index (χ3n) is 2.70. The van der Waals surface area contributed by atoms with Gasteiger partial charge in [0.15, 0.2) is 0 Å². The maximum atomic E-state index is 13.2. The average molecular weight is 280 g/mol. The van der Waals surface area contributed by atoms with Crippen LogP contribution in [-0.4, -0.2) is 16.5 Å². The second kappa shape index (κ2) is 5.97. The van der Waals surface area contributed by atoms with E-state index in [9.17, 15) is 4.39 Å². The standard InChI is InChI=1S/C14H15ClFN3/c1-3-6-17-14-18-8-9(2)13(19-14)10-4-5-12(16)11(15)7-10/h4-5,7-8H,3,6H2,1-2H3,(H,17,18,19). The molecule has 1 heterocycles. The number of rotatable bonds is 4. The van der Waals surface area contributed by atoms with Crippen molar-refractivity contribution >= 4 is 17.5 Å². The Morgan fingerprint density at radius 3 is 2.84 bits per heavy atom. The molecule has 0 amide bonds. The van der Waals surface area contributed by atoms with Crippen molar-refractivity contribution in [1.29, 1.82) is 0 Å². The topological polar surface area (TPSA) is 37.8 Å². The molecule has 0 fully saturated rings. The van der Waals surface area contributed by atoms with Crippen LogP contribution in [0, 0.1) is 12.7 Å². The maximum absolute atomic E-state index is 13.2. The summed E-state index contributed by atoms with van der Waals surface area (Å²) in [5, 5.41) is 3.22. The Balaban J connectivity index is 2.39. The van der Waals surface area contributed by atoms with Gasteiger partial charge in [-0.1, -0.05) is 18.5 Å². The number of nitrogens with one attached hydrogen (secondary N) is 1. The fourth-order valence-corrected chi connectivity index (χ4v) is 1.88. The third kappa shape index (κ3) is 3.20. The summed E-state index contributed by atoms with van der Waals surface area (Å²) in [7, 11) is 0. The van der Waals surface area contributed by atoms with Crippen LogP contribution < -0.4 is 5.32 Å². The first-order valence-corrected chi connectivity index (χ1v) is 6.52. The molecule has 0 aliphatic rings. The van der Waals surface area contributed by atoms with E-state index in [-0.39, 0.29) is 5.02 Å². The van der Waals surface area contributed by atoms with Crippen LogP contribution in [0.1, 0.15) is 18.9 Å². The number of hydrogen-bond acceptors (Lipinski definition) is 3. The first-order valence-electron chi connectivity index (χ1n) is 6.14. The van der Waals surface area contributed by atoms with E-state index >= 15 is 0 Å². The van der Waals surface area contributed by atoms with Gasteiger partial charge in [0, 0.05) is 18.3 Å².